The molecule has 0 radical (unpaired) electrons. The Kier molecular flexibility index (Phi) is 4.73. The fourth-order valence-corrected chi connectivity index (χ4v) is 1.93. The summed E-state index contributed by atoms with van der Waals surface area (Å²) in [5.74, 6) is -0.664. The first-order chi connectivity index (χ1) is 9.03. The topological polar surface area (TPSA) is 51.3 Å². The van der Waals surface area contributed by atoms with Crippen LogP contribution in [0, 0.1) is 0 Å². The molecule has 0 saturated heterocycles. The molecule has 0 aliphatic heterocycles. The van der Waals surface area contributed by atoms with Gasteiger partial charge in [-0.2, -0.15) is 13.2 Å². The SMILES string of the molecule is CC(C)N(CC(F)(F)F)C(=O)c1cc(N)cn1C(C)C. The van der Waals surface area contributed by atoms with Crippen molar-refractivity contribution >= 4 is 11.6 Å². The number of alkyl halides is 3. The Bertz CT molecular complexity index is 478. The Balaban J connectivity index is 3.13. The van der Waals surface area contributed by atoms with Crippen molar-refractivity contribution in [2.45, 2.75) is 46.0 Å². The number of carbonyl (C=O) groups is 1. The third kappa shape index (κ3) is 3.91. The molecule has 2 N–H and O–H groups in total. The number of hydrogen-bond donors (Lipinski definition) is 1. The zero-order valence-corrected chi connectivity index (χ0v) is 12.0. The van der Waals surface area contributed by atoms with E-state index in [2.05, 4.69) is 0 Å². The van der Waals surface area contributed by atoms with Gasteiger partial charge in [0.15, 0.2) is 0 Å². The average molecular weight is 291 g/mol. The van der Waals surface area contributed by atoms with Crippen LogP contribution in [0.3, 0.4) is 0 Å². The molecule has 1 heterocycles. The van der Waals surface area contributed by atoms with E-state index < -0.39 is 24.7 Å². The van der Waals surface area contributed by atoms with Gasteiger partial charge in [-0.25, -0.2) is 0 Å². The molecule has 1 aromatic rings. The monoisotopic (exact) mass is 291 g/mol. The van der Waals surface area contributed by atoms with Crippen molar-refractivity contribution in [3.8, 4) is 0 Å². The van der Waals surface area contributed by atoms with Crippen molar-refractivity contribution in [2.24, 2.45) is 0 Å². The largest absolute Gasteiger partial charge is 0.406 e. The Morgan fingerprint density at radius 1 is 1.35 bits per heavy atom. The van der Waals surface area contributed by atoms with Crippen LogP contribution < -0.4 is 5.73 Å². The van der Waals surface area contributed by atoms with Gasteiger partial charge in [-0.1, -0.05) is 0 Å². The molecular weight excluding hydrogens is 271 g/mol. The molecule has 0 spiro atoms. The number of anilines is 1. The van der Waals surface area contributed by atoms with Gasteiger partial charge < -0.3 is 15.2 Å². The fraction of sp³-hybridized carbons (Fsp3) is 0.615. The lowest BCUT2D eigenvalue weighted by Gasteiger charge is -2.28. The van der Waals surface area contributed by atoms with E-state index in [4.69, 9.17) is 5.73 Å². The highest BCUT2D eigenvalue weighted by molar-refractivity contribution is 5.94. The molecule has 0 bridgehead atoms. The second-order valence-corrected chi connectivity index (χ2v) is 5.30. The lowest BCUT2D eigenvalue weighted by Crippen LogP contribution is -2.44. The molecule has 0 aliphatic rings. The summed E-state index contributed by atoms with van der Waals surface area (Å²) in [5, 5.41) is 0. The minimum Gasteiger partial charge on any atom is -0.397 e. The van der Waals surface area contributed by atoms with E-state index in [-0.39, 0.29) is 11.7 Å². The number of amides is 1. The van der Waals surface area contributed by atoms with Crippen LogP contribution in [0.25, 0.3) is 0 Å². The minimum atomic E-state index is -4.43. The number of nitrogen functional groups attached to an aromatic ring is 1. The first kappa shape index (κ1) is 16.4. The summed E-state index contributed by atoms with van der Waals surface area (Å²) in [4.78, 5) is 13.2. The van der Waals surface area contributed by atoms with Crippen LogP contribution in [0.1, 0.15) is 44.2 Å². The van der Waals surface area contributed by atoms with Crippen molar-refractivity contribution in [3.05, 3.63) is 18.0 Å². The van der Waals surface area contributed by atoms with E-state index >= 15 is 0 Å². The summed E-state index contributed by atoms with van der Waals surface area (Å²) in [6.45, 7) is 5.50. The van der Waals surface area contributed by atoms with Crippen LogP contribution >= 0.6 is 0 Å². The third-order valence-corrected chi connectivity index (χ3v) is 2.88. The normalized spacial score (nSPS) is 12.2. The molecule has 1 rings (SSSR count). The van der Waals surface area contributed by atoms with Crippen LogP contribution in [-0.4, -0.2) is 34.1 Å². The van der Waals surface area contributed by atoms with E-state index in [1.165, 1.54) is 6.07 Å². The van der Waals surface area contributed by atoms with Gasteiger partial charge in [0.1, 0.15) is 12.2 Å². The van der Waals surface area contributed by atoms with Gasteiger partial charge in [0.2, 0.25) is 0 Å². The maximum absolute atomic E-state index is 12.6. The lowest BCUT2D eigenvalue weighted by atomic mass is 10.2. The average Bonchev–Trinajstić information content (AvgIpc) is 2.66. The van der Waals surface area contributed by atoms with E-state index in [9.17, 15) is 18.0 Å². The number of rotatable bonds is 4. The number of halogens is 3. The van der Waals surface area contributed by atoms with Crippen LogP contribution in [0.2, 0.25) is 0 Å². The van der Waals surface area contributed by atoms with Crippen molar-refractivity contribution in [2.75, 3.05) is 12.3 Å². The van der Waals surface area contributed by atoms with Crippen molar-refractivity contribution in [1.82, 2.24) is 9.47 Å². The zero-order valence-electron chi connectivity index (χ0n) is 12.0. The Morgan fingerprint density at radius 3 is 2.30 bits per heavy atom. The highest BCUT2D eigenvalue weighted by Gasteiger charge is 2.35. The number of hydrogen-bond acceptors (Lipinski definition) is 2. The second-order valence-electron chi connectivity index (χ2n) is 5.30. The number of aromatic nitrogens is 1. The first-order valence-electron chi connectivity index (χ1n) is 6.38. The van der Waals surface area contributed by atoms with Gasteiger partial charge in [0.25, 0.3) is 5.91 Å². The highest BCUT2D eigenvalue weighted by atomic mass is 19.4. The molecule has 20 heavy (non-hydrogen) atoms. The summed E-state index contributed by atoms with van der Waals surface area (Å²) in [6.07, 6.45) is -2.87. The lowest BCUT2D eigenvalue weighted by molar-refractivity contribution is -0.143. The van der Waals surface area contributed by atoms with Crippen LogP contribution in [0.4, 0.5) is 18.9 Å². The maximum atomic E-state index is 12.6. The van der Waals surface area contributed by atoms with E-state index in [0.29, 0.717) is 5.69 Å². The Labute approximate surface area is 116 Å². The fourth-order valence-electron chi connectivity index (χ4n) is 1.93. The van der Waals surface area contributed by atoms with Gasteiger partial charge in [0, 0.05) is 18.3 Å². The quantitative estimate of drug-likeness (QED) is 0.927. The number of nitrogens with two attached hydrogens (primary N) is 1. The summed E-state index contributed by atoms with van der Waals surface area (Å²) in [5.41, 5.74) is 6.18. The second kappa shape index (κ2) is 5.76. The summed E-state index contributed by atoms with van der Waals surface area (Å²) >= 11 is 0. The van der Waals surface area contributed by atoms with Crippen molar-refractivity contribution < 1.29 is 18.0 Å². The van der Waals surface area contributed by atoms with Crippen LogP contribution in [0.5, 0.6) is 0 Å². The smallest absolute Gasteiger partial charge is 0.397 e. The summed E-state index contributed by atoms with van der Waals surface area (Å²) < 4.78 is 39.3. The van der Waals surface area contributed by atoms with Crippen molar-refractivity contribution in [1.29, 1.82) is 0 Å². The van der Waals surface area contributed by atoms with Crippen LogP contribution in [0.15, 0.2) is 12.3 Å². The van der Waals surface area contributed by atoms with Gasteiger partial charge >= 0.3 is 6.18 Å². The minimum absolute atomic E-state index is 0.0638. The standard InChI is InChI=1S/C13H20F3N3O/c1-8(2)18-6-10(17)5-11(18)12(20)19(9(3)4)7-13(14,15)16/h5-6,8-9H,7,17H2,1-4H3. The molecule has 4 nitrogen and oxygen atoms in total. The molecule has 7 heteroatoms. The highest BCUT2D eigenvalue weighted by Crippen LogP contribution is 2.23. The molecule has 0 unspecified atom stereocenters. The molecular formula is C13H20F3N3O. The Hall–Kier alpha value is -1.66. The number of carbonyl (C=O) groups excluding carboxylic acids is 1. The van der Waals surface area contributed by atoms with E-state index in [1.807, 2.05) is 13.8 Å². The molecule has 0 aliphatic carbocycles. The molecule has 1 aromatic heterocycles. The van der Waals surface area contributed by atoms with E-state index in [0.717, 1.165) is 4.90 Å². The first-order valence-corrected chi connectivity index (χ1v) is 6.38. The van der Waals surface area contributed by atoms with Crippen molar-refractivity contribution in [3.63, 3.8) is 0 Å². The molecule has 0 atom stereocenters. The Morgan fingerprint density at radius 2 is 1.90 bits per heavy atom. The van der Waals surface area contributed by atoms with Crippen LogP contribution in [-0.2, 0) is 0 Å². The van der Waals surface area contributed by atoms with Gasteiger partial charge in [0.05, 0.1) is 5.69 Å². The van der Waals surface area contributed by atoms with Gasteiger partial charge in [-0.15, -0.1) is 0 Å². The molecule has 0 fully saturated rings. The third-order valence-electron chi connectivity index (χ3n) is 2.88. The molecule has 0 saturated carbocycles. The number of nitrogens with zero attached hydrogens (tertiary/aromatic N) is 2. The molecule has 114 valence electrons. The predicted octanol–water partition coefficient (Wildman–Crippen LogP) is 3.06. The predicted molar refractivity (Wildman–Crippen MR) is 71.5 cm³/mol. The van der Waals surface area contributed by atoms with E-state index in [1.54, 1.807) is 24.6 Å². The zero-order chi connectivity index (χ0) is 15.7. The summed E-state index contributed by atoms with van der Waals surface area (Å²) in [6, 6.07) is 0.792. The van der Waals surface area contributed by atoms with Gasteiger partial charge in [-0.3, -0.25) is 4.79 Å². The molecule has 0 aromatic carbocycles. The summed E-state index contributed by atoms with van der Waals surface area (Å²) in [7, 11) is 0. The molecule has 1 amide bonds. The van der Waals surface area contributed by atoms with Gasteiger partial charge in [-0.05, 0) is 33.8 Å². The maximum Gasteiger partial charge on any atom is 0.406 e.